The minimum absolute atomic E-state index is 0.169. The van der Waals surface area contributed by atoms with Crippen LogP contribution < -0.4 is 15.6 Å². The van der Waals surface area contributed by atoms with Crippen LogP contribution in [-0.4, -0.2) is 36.2 Å². The molecule has 0 unspecified atom stereocenters. The number of ether oxygens (including phenoxy) is 1. The van der Waals surface area contributed by atoms with Gasteiger partial charge >= 0.3 is 5.57 Å². The number of aromatic amines is 1. The fourth-order valence-electron chi connectivity index (χ4n) is 2.94. The topological polar surface area (TPSA) is 115 Å². The molecule has 168 valence electrons. The van der Waals surface area contributed by atoms with E-state index in [1.807, 2.05) is 0 Å². The molecule has 4 rings (SSSR count). The van der Waals surface area contributed by atoms with E-state index >= 15 is 0 Å². The van der Waals surface area contributed by atoms with E-state index in [2.05, 4.69) is 30.2 Å². The van der Waals surface area contributed by atoms with Crippen molar-refractivity contribution in [1.29, 1.82) is 0 Å². The van der Waals surface area contributed by atoms with Crippen LogP contribution in [0.1, 0.15) is 10.4 Å². The maximum Gasteiger partial charge on any atom is 0.487 e. The number of aromatic nitrogens is 5. The number of alkyl halides is 3. The summed E-state index contributed by atoms with van der Waals surface area (Å²) in [7, 11) is 1.57. The first-order valence-electron chi connectivity index (χ1n) is 9.39. The molecule has 0 aliphatic rings. The summed E-state index contributed by atoms with van der Waals surface area (Å²) in [4.78, 5) is 33.6. The molecular weight excluding hydrogens is 458 g/mol. The number of nitrogens with zero attached hydrogens (tertiary/aromatic N) is 4. The maximum atomic E-state index is 12.8. The Labute approximate surface area is 190 Å². The molecule has 0 saturated heterocycles. The molecule has 9 nitrogen and oxygen atoms in total. The van der Waals surface area contributed by atoms with E-state index in [9.17, 15) is 18.4 Å². The van der Waals surface area contributed by atoms with Crippen LogP contribution in [0.15, 0.2) is 66.0 Å². The third-order valence-corrected chi connectivity index (χ3v) is 4.58. The molecule has 12 heteroatoms. The third-order valence-electron chi connectivity index (χ3n) is 4.51. The summed E-state index contributed by atoms with van der Waals surface area (Å²) in [5.74, 6) is -0.683. The van der Waals surface area contributed by atoms with Gasteiger partial charge in [-0.25, -0.2) is 4.98 Å². The number of anilines is 1. The van der Waals surface area contributed by atoms with Crippen molar-refractivity contribution in [2.75, 3.05) is 5.32 Å². The van der Waals surface area contributed by atoms with Crippen LogP contribution in [0.4, 0.5) is 14.5 Å². The van der Waals surface area contributed by atoms with Gasteiger partial charge in [-0.1, -0.05) is 0 Å². The van der Waals surface area contributed by atoms with Gasteiger partial charge in [-0.3, -0.25) is 19.7 Å². The molecule has 3 heterocycles. The summed E-state index contributed by atoms with van der Waals surface area (Å²) in [5.41, 5.74) is -1.81. The average Bonchev–Trinajstić information content (AvgIpc) is 3.30. The van der Waals surface area contributed by atoms with Crippen molar-refractivity contribution >= 4 is 23.2 Å². The zero-order valence-corrected chi connectivity index (χ0v) is 17.7. The Morgan fingerprint density at radius 3 is 2.58 bits per heavy atom. The third kappa shape index (κ3) is 5.21. The summed E-state index contributed by atoms with van der Waals surface area (Å²) in [5, 5.41) is 9.35. The Morgan fingerprint density at radius 2 is 1.94 bits per heavy atom. The zero-order chi connectivity index (χ0) is 23.6. The lowest BCUT2D eigenvalue weighted by Gasteiger charge is -2.12. The van der Waals surface area contributed by atoms with Crippen molar-refractivity contribution in [3.8, 4) is 28.4 Å². The van der Waals surface area contributed by atoms with Crippen LogP contribution in [0.3, 0.4) is 0 Å². The number of aryl methyl sites for hydroxylation is 1. The van der Waals surface area contributed by atoms with Crippen molar-refractivity contribution in [3.05, 3.63) is 77.1 Å². The van der Waals surface area contributed by atoms with Crippen LogP contribution in [0.25, 0.3) is 22.6 Å². The second-order valence-corrected chi connectivity index (χ2v) is 7.28. The first-order valence-corrected chi connectivity index (χ1v) is 9.77. The highest BCUT2D eigenvalue weighted by molar-refractivity contribution is 6.20. The number of benzene rings is 1. The van der Waals surface area contributed by atoms with Crippen molar-refractivity contribution in [2.45, 2.75) is 5.57 Å². The van der Waals surface area contributed by atoms with E-state index in [1.165, 1.54) is 47.4 Å². The van der Waals surface area contributed by atoms with Gasteiger partial charge in [0.15, 0.2) is 0 Å². The lowest BCUT2D eigenvalue weighted by atomic mass is 10.0. The molecule has 0 radical (unpaired) electrons. The molecule has 0 aliphatic heterocycles. The fraction of sp³-hybridized carbons (Fsp3) is 0.0952. The van der Waals surface area contributed by atoms with Crippen molar-refractivity contribution in [3.63, 3.8) is 0 Å². The van der Waals surface area contributed by atoms with E-state index in [0.29, 0.717) is 28.3 Å². The molecule has 0 spiro atoms. The molecule has 0 aliphatic carbocycles. The largest absolute Gasteiger partial charge is 0.487 e. The second-order valence-electron chi connectivity index (χ2n) is 6.84. The highest BCUT2D eigenvalue weighted by Gasteiger charge is 2.27. The predicted molar refractivity (Wildman–Crippen MR) is 116 cm³/mol. The van der Waals surface area contributed by atoms with Gasteiger partial charge in [-0.2, -0.15) is 5.10 Å². The highest BCUT2D eigenvalue weighted by atomic mass is 35.5. The molecule has 2 N–H and O–H groups in total. The molecule has 0 fully saturated rings. The molecule has 33 heavy (non-hydrogen) atoms. The number of pyridine rings is 1. The minimum atomic E-state index is -3.84. The summed E-state index contributed by atoms with van der Waals surface area (Å²) in [6.07, 6.45) is 4.28. The Kier molecular flexibility index (Phi) is 5.88. The smallest absolute Gasteiger partial charge is 0.420 e. The second kappa shape index (κ2) is 8.79. The number of carbonyl (C=O) groups excluding carboxylic acids is 1. The van der Waals surface area contributed by atoms with Crippen LogP contribution in [0.5, 0.6) is 5.75 Å². The van der Waals surface area contributed by atoms with Gasteiger partial charge in [0.25, 0.3) is 11.5 Å². The van der Waals surface area contributed by atoms with Gasteiger partial charge in [0.05, 0.1) is 29.0 Å². The van der Waals surface area contributed by atoms with Crippen LogP contribution in [0.2, 0.25) is 0 Å². The number of hydrogen-bond acceptors (Lipinski definition) is 6. The summed E-state index contributed by atoms with van der Waals surface area (Å²) in [6.45, 7) is 0. The van der Waals surface area contributed by atoms with Gasteiger partial charge < -0.3 is 14.6 Å². The molecule has 1 aromatic carbocycles. The normalized spacial score (nSPS) is 11.3. The molecule has 4 aromatic rings. The Morgan fingerprint density at radius 1 is 1.18 bits per heavy atom. The number of amides is 1. The van der Waals surface area contributed by atoms with Gasteiger partial charge in [0, 0.05) is 48.4 Å². The molecule has 0 saturated carbocycles. The predicted octanol–water partition coefficient (Wildman–Crippen LogP) is 3.65. The van der Waals surface area contributed by atoms with E-state index in [1.54, 1.807) is 25.4 Å². The number of nitrogens with one attached hydrogen (secondary N) is 2. The van der Waals surface area contributed by atoms with E-state index in [4.69, 9.17) is 11.6 Å². The van der Waals surface area contributed by atoms with Gasteiger partial charge in [0.2, 0.25) is 0 Å². The lowest BCUT2D eigenvalue weighted by molar-refractivity contribution is -0.0964. The quantitative estimate of drug-likeness (QED) is 0.414. The molecule has 0 atom stereocenters. The summed E-state index contributed by atoms with van der Waals surface area (Å²) >= 11 is 4.74. The van der Waals surface area contributed by atoms with Crippen molar-refractivity contribution in [2.24, 2.45) is 7.05 Å². The maximum absolute atomic E-state index is 12.8. The van der Waals surface area contributed by atoms with Crippen LogP contribution in [0, 0.1) is 0 Å². The van der Waals surface area contributed by atoms with Gasteiger partial charge in [-0.15, -0.1) is 8.78 Å². The standard InChI is InChI=1S/C21H15ClF2N6O3/c1-30-11-26-17(9-18(30)31)15-8-12(10-25-19(15)16-6-7-27-29-16)20(32)28-13-2-4-14(5-3-13)33-21(22,23)24/h2-11H,1H3,(H,27,29)(H,28,32). The summed E-state index contributed by atoms with van der Waals surface area (Å²) in [6, 6.07) is 9.81. The summed E-state index contributed by atoms with van der Waals surface area (Å²) < 4.78 is 31.0. The Hall–Kier alpha value is -4.12. The first kappa shape index (κ1) is 22.1. The zero-order valence-electron chi connectivity index (χ0n) is 16.9. The van der Waals surface area contributed by atoms with Crippen molar-refractivity contribution < 1.29 is 18.3 Å². The van der Waals surface area contributed by atoms with E-state index < -0.39 is 11.5 Å². The number of carbonyl (C=O) groups is 1. The van der Waals surface area contributed by atoms with Crippen LogP contribution in [-0.2, 0) is 7.05 Å². The fourth-order valence-corrected chi connectivity index (χ4v) is 3.03. The number of rotatable bonds is 6. The van der Waals surface area contributed by atoms with Gasteiger partial charge in [-0.05, 0) is 36.4 Å². The van der Waals surface area contributed by atoms with Gasteiger partial charge in [0.1, 0.15) is 5.75 Å². The SMILES string of the molecule is Cn1cnc(-c2cc(C(=O)Nc3ccc(OC(F)(F)Cl)cc3)cnc2-c2ccn[nH]2)cc1=O. The van der Waals surface area contributed by atoms with E-state index in [-0.39, 0.29) is 16.9 Å². The average molecular weight is 473 g/mol. The van der Waals surface area contributed by atoms with Crippen LogP contribution >= 0.6 is 11.6 Å². The van der Waals surface area contributed by atoms with Crippen molar-refractivity contribution in [1.82, 2.24) is 24.7 Å². The number of hydrogen-bond donors (Lipinski definition) is 2. The number of H-pyrrole nitrogens is 1. The minimum Gasteiger partial charge on any atom is -0.420 e. The Balaban J connectivity index is 1.65. The molecular formula is C21H15ClF2N6O3. The number of halogens is 3. The molecule has 0 bridgehead atoms. The monoisotopic (exact) mass is 472 g/mol. The molecule has 1 amide bonds. The van der Waals surface area contributed by atoms with E-state index in [0.717, 1.165) is 0 Å². The first-order chi connectivity index (χ1) is 15.7. The molecule has 3 aromatic heterocycles. The Bertz CT molecular complexity index is 1350. The lowest BCUT2D eigenvalue weighted by Crippen LogP contribution is -2.17. The highest BCUT2D eigenvalue weighted by Crippen LogP contribution is 2.29.